The van der Waals surface area contributed by atoms with Crippen molar-refractivity contribution in [3.63, 3.8) is 0 Å². The van der Waals surface area contributed by atoms with Gasteiger partial charge in [-0.1, -0.05) is 53.0 Å². The van der Waals surface area contributed by atoms with Crippen molar-refractivity contribution in [3.05, 3.63) is 56.5 Å². The molecule has 0 radical (unpaired) electrons. The number of anilines is 1. The molecule has 1 aliphatic heterocycles. The SMILES string of the molecule is Cc1cccc(C)c1N1CCN(S(=O)(=O)c2ccc(Cl)c(Cl)c2Cl)CC1. The maximum absolute atomic E-state index is 13.0. The molecular formula is C18H19Cl3N2O2S. The zero-order valence-electron chi connectivity index (χ0n) is 14.5. The highest BCUT2D eigenvalue weighted by Crippen LogP contribution is 2.36. The second-order valence-corrected chi connectivity index (χ2v) is 9.37. The highest BCUT2D eigenvalue weighted by molar-refractivity contribution is 7.89. The summed E-state index contributed by atoms with van der Waals surface area (Å²) in [4.78, 5) is 2.22. The molecule has 8 heteroatoms. The van der Waals surface area contributed by atoms with Crippen LogP contribution in [0.2, 0.25) is 15.1 Å². The zero-order valence-corrected chi connectivity index (χ0v) is 17.6. The van der Waals surface area contributed by atoms with Crippen LogP contribution in [-0.2, 0) is 10.0 Å². The average Bonchev–Trinajstić information content (AvgIpc) is 2.60. The van der Waals surface area contributed by atoms with Crippen molar-refractivity contribution in [2.24, 2.45) is 0 Å². The number of hydrogen-bond acceptors (Lipinski definition) is 3. The molecule has 0 spiro atoms. The van der Waals surface area contributed by atoms with E-state index in [1.54, 1.807) is 0 Å². The van der Waals surface area contributed by atoms with Gasteiger partial charge in [-0.3, -0.25) is 0 Å². The first-order valence-corrected chi connectivity index (χ1v) is 10.8. The summed E-state index contributed by atoms with van der Waals surface area (Å²) in [6, 6.07) is 9.03. The topological polar surface area (TPSA) is 40.6 Å². The van der Waals surface area contributed by atoms with Gasteiger partial charge < -0.3 is 4.90 Å². The summed E-state index contributed by atoms with van der Waals surface area (Å²) in [7, 11) is -3.73. The van der Waals surface area contributed by atoms with Crippen molar-refractivity contribution in [1.82, 2.24) is 4.31 Å². The lowest BCUT2D eigenvalue weighted by Crippen LogP contribution is -2.49. The largest absolute Gasteiger partial charge is 0.368 e. The Morgan fingerprint density at radius 2 is 1.42 bits per heavy atom. The highest BCUT2D eigenvalue weighted by Gasteiger charge is 2.31. The van der Waals surface area contributed by atoms with E-state index in [0.29, 0.717) is 26.2 Å². The minimum absolute atomic E-state index is 0.00547. The smallest absolute Gasteiger partial charge is 0.244 e. The Labute approximate surface area is 169 Å². The predicted molar refractivity (Wildman–Crippen MR) is 108 cm³/mol. The Bertz CT molecular complexity index is 919. The van der Waals surface area contributed by atoms with Gasteiger partial charge in [-0.25, -0.2) is 8.42 Å². The summed E-state index contributed by atoms with van der Waals surface area (Å²) in [5, 5.41) is 0.260. The molecule has 140 valence electrons. The number of aryl methyl sites for hydroxylation is 2. The van der Waals surface area contributed by atoms with Crippen molar-refractivity contribution < 1.29 is 8.42 Å². The molecule has 0 atom stereocenters. The van der Waals surface area contributed by atoms with E-state index < -0.39 is 10.0 Å². The summed E-state index contributed by atoms with van der Waals surface area (Å²) in [5.74, 6) is 0. The molecule has 3 rings (SSSR count). The van der Waals surface area contributed by atoms with Crippen LogP contribution in [-0.4, -0.2) is 38.9 Å². The molecular weight excluding hydrogens is 415 g/mol. The lowest BCUT2D eigenvalue weighted by molar-refractivity contribution is 0.384. The maximum atomic E-state index is 13.0. The standard InChI is InChI=1S/C18H19Cl3N2O2S/c1-12-4-3-5-13(2)18(12)22-8-10-23(11-9-22)26(24,25)15-7-6-14(19)16(20)17(15)21/h3-7H,8-11H2,1-2H3. The quantitative estimate of drug-likeness (QED) is 0.654. The van der Waals surface area contributed by atoms with Gasteiger partial charge in [-0.15, -0.1) is 0 Å². The molecule has 0 amide bonds. The Morgan fingerprint density at radius 3 is 2.00 bits per heavy atom. The Kier molecular flexibility index (Phi) is 5.75. The third-order valence-corrected chi connectivity index (χ3v) is 7.96. The first kappa shape index (κ1) is 19.8. The molecule has 4 nitrogen and oxygen atoms in total. The van der Waals surface area contributed by atoms with Gasteiger partial charge in [0.15, 0.2) is 0 Å². The van der Waals surface area contributed by atoms with Crippen LogP contribution in [0.25, 0.3) is 0 Å². The second-order valence-electron chi connectivity index (χ2n) is 6.31. The van der Waals surface area contributed by atoms with Crippen molar-refractivity contribution in [2.75, 3.05) is 31.1 Å². The first-order valence-electron chi connectivity index (χ1n) is 8.18. The lowest BCUT2D eigenvalue weighted by Gasteiger charge is -2.37. The molecule has 1 aliphatic rings. The molecule has 0 N–H and O–H groups in total. The van der Waals surface area contributed by atoms with E-state index in [1.165, 1.54) is 33.3 Å². The van der Waals surface area contributed by atoms with Crippen LogP contribution in [0, 0.1) is 13.8 Å². The monoisotopic (exact) mass is 432 g/mol. The van der Waals surface area contributed by atoms with Crippen LogP contribution < -0.4 is 4.90 Å². The number of para-hydroxylation sites is 1. The van der Waals surface area contributed by atoms with Gasteiger partial charge in [0.2, 0.25) is 10.0 Å². The number of rotatable bonds is 3. The van der Waals surface area contributed by atoms with Gasteiger partial charge in [0.25, 0.3) is 0 Å². The molecule has 26 heavy (non-hydrogen) atoms. The predicted octanol–water partition coefficient (Wildman–Crippen LogP) is 4.77. The number of sulfonamides is 1. The number of halogens is 3. The maximum Gasteiger partial charge on any atom is 0.244 e. The Balaban J connectivity index is 1.83. The number of piperazine rings is 1. The fourth-order valence-corrected chi connectivity index (χ4v) is 5.68. The molecule has 1 fully saturated rings. The van der Waals surface area contributed by atoms with Gasteiger partial charge in [0.1, 0.15) is 4.90 Å². The minimum Gasteiger partial charge on any atom is -0.368 e. The van der Waals surface area contributed by atoms with Gasteiger partial charge in [-0.2, -0.15) is 4.31 Å². The highest BCUT2D eigenvalue weighted by atomic mass is 35.5. The minimum atomic E-state index is -3.73. The fraction of sp³-hybridized carbons (Fsp3) is 0.333. The van der Waals surface area contributed by atoms with Crippen molar-refractivity contribution in [1.29, 1.82) is 0 Å². The number of nitrogens with zero attached hydrogens (tertiary/aromatic N) is 2. The lowest BCUT2D eigenvalue weighted by atomic mass is 10.1. The average molecular weight is 434 g/mol. The summed E-state index contributed by atoms with van der Waals surface area (Å²) in [6.45, 7) is 6.13. The normalized spacial score (nSPS) is 16.1. The van der Waals surface area contributed by atoms with Crippen LogP contribution in [0.1, 0.15) is 11.1 Å². The second kappa shape index (κ2) is 7.56. The van der Waals surface area contributed by atoms with Crippen LogP contribution in [0.3, 0.4) is 0 Å². The van der Waals surface area contributed by atoms with E-state index >= 15 is 0 Å². The van der Waals surface area contributed by atoms with E-state index in [1.807, 2.05) is 6.07 Å². The molecule has 2 aromatic carbocycles. The van der Waals surface area contributed by atoms with Crippen molar-refractivity contribution in [3.8, 4) is 0 Å². The summed E-state index contributed by atoms with van der Waals surface area (Å²) in [6.07, 6.45) is 0. The Hall–Kier alpha value is -0.980. The van der Waals surface area contributed by atoms with Crippen LogP contribution in [0.4, 0.5) is 5.69 Å². The fourth-order valence-electron chi connectivity index (χ4n) is 3.30. The van der Waals surface area contributed by atoms with Crippen LogP contribution >= 0.6 is 34.8 Å². The molecule has 0 aromatic heterocycles. The van der Waals surface area contributed by atoms with Crippen LogP contribution in [0.15, 0.2) is 35.2 Å². The van der Waals surface area contributed by atoms with Gasteiger partial charge in [0.05, 0.1) is 15.1 Å². The summed E-state index contributed by atoms with van der Waals surface area (Å²) >= 11 is 18.1. The number of hydrogen-bond donors (Lipinski definition) is 0. The van der Waals surface area contributed by atoms with Crippen LogP contribution in [0.5, 0.6) is 0 Å². The third-order valence-electron chi connectivity index (χ3n) is 4.61. The van der Waals surface area contributed by atoms with E-state index in [0.717, 1.165) is 0 Å². The third kappa shape index (κ3) is 3.56. The van der Waals surface area contributed by atoms with E-state index in [2.05, 4.69) is 30.9 Å². The summed E-state index contributed by atoms with van der Waals surface area (Å²) < 4.78 is 27.4. The molecule has 0 saturated carbocycles. The van der Waals surface area contributed by atoms with E-state index in [-0.39, 0.29) is 20.0 Å². The molecule has 1 heterocycles. The first-order chi connectivity index (χ1) is 12.2. The molecule has 1 saturated heterocycles. The van der Waals surface area contributed by atoms with Gasteiger partial charge >= 0.3 is 0 Å². The number of benzene rings is 2. The Morgan fingerprint density at radius 1 is 0.846 bits per heavy atom. The van der Waals surface area contributed by atoms with E-state index in [4.69, 9.17) is 34.8 Å². The van der Waals surface area contributed by atoms with Gasteiger partial charge in [0, 0.05) is 31.9 Å². The molecule has 2 aromatic rings. The summed E-state index contributed by atoms with van der Waals surface area (Å²) in [5.41, 5.74) is 3.56. The molecule has 0 bridgehead atoms. The van der Waals surface area contributed by atoms with Crippen molar-refractivity contribution in [2.45, 2.75) is 18.7 Å². The molecule has 0 unspecified atom stereocenters. The van der Waals surface area contributed by atoms with Crippen molar-refractivity contribution >= 4 is 50.5 Å². The zero-order chi connectivity index (χ0) is 19.1. The van der Waals surface area contributed by atoms with Gasteiger partial charge in [-0.05, 0) is 37.1 Å². The van der Waals surface area contributed by atoms with E-state index in [9.17, 15) is 8.42 Å². The molecule has 0 aliphatic carbocycles.